The minimum Gasteiger partial charge on any atom is -0.375 e. The molecule has 2 aromatic carbocycles. The Morgan fingerprint density at radius 3 is 2.88 bits per heavy atom. The van der Waals surface area contributed by atoms with Gasteiger partial charge in [0.1, 0.15) is 11.5 Å². The summed E-state index contributed by atoms with van der Waals surface area (Å²) in [5.74, 6) is -0.584. The first-order chi connectivity index (χ1) is 16.5. The van der Waals surface area contributed by atoms with Crippen LogP contribution in [0.2, 0.25) is 0 Å². The number of nitrogens with zero attached hydrogens (tertiary/aromatic N) is 3. The Labute approximate surface area is 197 Å². The number of aromatic nitrogens is 2. The summed E-state index contributed by atoms with van der Waals surface area (Å²) in [4.78, 5) is 33.1. The summed E-state index contributed by atoms with van der Waals surface area (Å²) in [5.41, 5.74) is 7.48. The van der Waals surface area contributed by atoms with Crippen molar-refractivity contribution in [3.8, 4) is 10.4 Å². The van der Waals surface area contributed by atoms with Crippen molar-refractivity contribution in [2.24, 2.45) is 5.92 Å². The van der Waals surface area contributed by atoms with Gasteiger partial charge < -0.3 is 20.5 Å². The number of carbonyl (C=O) groups excluding carboxylic acids is 2. The van der Waals surface area contributed by atoms with Crippen molar-refractivity contribution in [3.05, 3.63) is 65.7 Å². The summed E-state index contributed by atoms with van der Waals surface area (Å²) < 4.78 is 19.0. The third-order valence-electron chi connectivity index (χ3n) is 6.47. The number of hydrogen-bond acceptors (Lipinski definition) is 7. The van der Waals surface area contributed by atoms with Gasteiger partial charge >= 0.3 is 0 Å². The van der Waals surface area contributed by atoms with E-state index in [0.29, 0.717) is 27.3 Å². The fraction of sp³-hybridized carbons (Fsp3) is 0.250. The number of rotatable bonds is 5. The number of nitrogens with two attached hydrogens (primary N) is 1. The number of carbonyl (C=O) groups is 2. The van der Waals surface area contributed by atoms with Crippen molar-refractivity contribution in [2.75, 3.05) is 12.3 Å². The Bertz CT molecular complexity index is 1430. The zero-order valence-corrected chi connectivity index (χ0v) is 18.7. The molecule has 3 heterocycles. The minimum absolute atomic E-state index is 0.116. The van der Waals surface area contributed by atoms with E-state index < -0.39 is 5.82 Å². The highest BCUT2D eigenvalue weighted by Crippen LogP contribution is 2.49. The summed E-state index contributed by atoms with van der Waals surface area (Å²) >= 11 is 1.16. The zero-order valence-electron chi connectivity index (χ0n) is 17.9. The molecule has 34 heavy (non-hydrogen) atoms. The van der Waals surface area contributed by atoms with Crippen molar-refractivity contribution in [3.63, 3.8) is 0 Å². The number of nitrogen functional groups attached to an aromatic ring is 1. The average molecular weight is 478 g/mol. The number of likely N-dealkylation sites (tertiary alicyclic amines) is 1. The first-order valence-corrected chi connectivity index (χ1v) is 11.8. The Balaban J connectivity index is 1.23. The van der Waals surface area contributed by atoms with Crippen molar-refractivity contribution < 1.29 is 18.5 Å². The second-order valence-corrected chi connectivity index (χ2v) is 9.67. The predicted octanol–water partition coefficient (Wildman–Crippen LogP) is 3.71. The van der Waals surface area contributed by atoms with Gasteiger partial charge in [0, 0.05) is 12.6 Å². The minimum atomic E-state index is -0.396. The second kappa shape index (κ2) is 7.91. The number of para-hydroxylation sites is 1. The number of benzene rings is 2. The van der Waals surface area contributed by atoms with Gasteiger partial charge in [0.05, 0.1) is 16.3 Å². The smallest absolute Gasteiger partial charge is 0.274 e. The Hall–Kier alpha value is -3.79. The topological polar surface area (TPSA) is 114 Å². The van der Waals surface area contributed by atoms with E-state index in [2.05, 4.69) is 15.5 Å². The lowest BCUT2D eigenvalue weighted by molar-refractivity contribution is 0.0684. The van der Waals surface area contributed by atoms with Crippen LogP contribution in [-0.4, -0.2) is 45.5 Å². The molecule has 1 saturated heterocycles. The molecule has 1 aliphatic carbocycles. The fourth-order valence-corrected chi connectivity index (χ4v) is 5.65. The summed E-state index contributed by atoms with van der Waals surface area (Å²) in [7, 11) is 0. The lowest BCUT2D eigenvalue weighted by Crippen LogP contribution is -2.45. The van der Waals surface area contributed by atoms with Crippen LogP contribution in [0.15, 0.2) is 53.1 Å². The highest BCUT2D eigenvalue weighted by molar-refractivity contribution is 7.19. The number of anilines is 1. The molecule has 3 N–H and O–H groups in total. The maximum absolute atomic E-state index is 13.8. The predicted molar refractivity (Wildman–Crippen MR) is 125 cm³/mol. The lowest BCUT2D eigenvalue weighted by Gasteiger charge is -2.27. The SMILES string of the molecule is Nc1nc(C(=O)N2C3CC3C[C@H]2CNC(=O)c2noc3ccccc23)c(-c2cccc(F)c2)s1. The molecule has 2 fully saturated rings. The normalized spacial score (nSPS) is 21.0. The summed E-state index contributed by atoms with van der Waals surface area (Å²) in [6.07, 6.45) is 1.73. The summed E-state index contributed by atoms with van der Waals surface area (Å²) in [6, 6.07) is 13.1. The number of hydrogen-bond donors (Lipinski definition) is 2. The standard InChI is InChI=1S/C24H20FN5O3S/c25-14-5-3-4-12(8-14)21-20(28-24(26)34-21)23(32)30-15(9-13-10-17(13)30)11-27-22(31)19-16-6-1-2-7-18(16)33-29-19/h1-8,13,15,17H,9-11H2,(H2,26,28)(H,27,31)/t13?,15-,17?/m0/s1. The van der Waals surface area contributed by atoms with Gasteiger partial charge in [-0.15, -0.1) is 0 Å². The highest BCUT2D eigenvalue weighted by Gasteiger charge is 2.54. The Morgan fingerprint density at radius 2 is 2.03 bits per heavy atom. The van der Waals surface area contributed by atoms with Crippen LogP contribution in [0.3, 0.4) is 0 Å². The van der Waals surface area contributed by atoms with Gasteiger partial charge in [0.25, 0.3) is 11.8 Å². The van der Waals surface area contributed by atoms with E-state index in [1.807, 2.05) is 17.0 Å². The van der Waals surface area contributed by atoms with Gasteiger partial charge in [-0.1, -0.05) is 40.8 Å². The molecule has 2 amide bonds. The van der Waals surface area contributed by atoms with Crippen molar-refractivity contribution in [1.29, 1.82) is 0 Å². The first-order valence-electron chi connectivity index (χ1n) is 11.0. The van der Waals surface area contributed by atoms with E-state index in [9.17, 15) is 14.0 Å². The van der Waals surface area contributed by atoms with Crippen LogP contribution >= 0.6 is 11.3 Å². The number of thiazole rings is 1. The van der Waals surface area contributed by atoms with Crippen molar-refractivity contribution in [1.82, 2.24) is 20.4 Å². The van der Waals surface area contributed by atoms with Crippen LogP contribution in [0.4, 0.5) is 9.52 Å². The molecule has 2 aliphatic rings. The summed E-state index contributed by atoms with van der Waals surface area (Å²) in [5, 5.41) is 7.69. The third-order valence-corrected chi connectivity index (χ3v) is 7.40. The molecule has 172 valence electrons. The van der Waals surface area contributed by atoms with Gasteiger partial charge in [0.15, 0.2) is 16.4 Å². The molecule has 1 saturated carbocycles. The number of fused-ring (bicyclic) bond motifs is 2. The largest absolute Gasteiger partial charge is 0.375 e. The van der Waals surface area contributed by atoms with Gasteiger partial charge in [-0.05, 0) is 48.6 Å². The Morgan fingerprint density at radius 1 is 1.18 bits per heavy atom. The fourth-order valence-electron chi connectivity index (χ4n) is 4.83. The van der Waals surface area contributed by atoms with Gasteiger partial charge in [-0.25, -0.2) is 9.37 Å². The van der Waals surface area contributed by atoms with Crippen molar-refractivity contribution in [2.45, 2.75) is 24.9 Å². The number of nitrogens with one attached hydrogen (secondary N) is 1. The van der Waals surface area contributed by atoms with E-state index >= 15 is 0 Å². The van der Waals surface area contributed by atoms with Crippen LogP contribution in [0, 0.1) is 11.7 Å². The summed E-state index contributed by atoms with van der Waals surface area (Å²) in [6.45, 7) is 0.285. The molecule has 10 heteroatoms. The monoisotopic (exact) mass is 477 g/mol. The Kier molecular flexibility index (Phi) is 4.84. The first kappa shape index (κ1) is 20.8. The molecule has 0 radical (unpaired) electrons. The molecular formula is C24H20FN5O3S. The molecule has 8 nitrogen and oxygen atoms in total. The average Bonchev–Trinajstić information content (AvgIpc) is 3.17. The highest BCUT2D eigenvalue weighted by atomic mass is 32.1. The van der Waals surface area contributed by atoms with Crippen LogP contribution in [0.5, 0.6) is 0 Å². The van der Waals surface area contributed by atoms with Crippen LogP contribution in [-0.2, 0) is 0 Å². The third kappa shape index (κ3) is 3.50. The maximum Gasteiger partial charge on any atom is 0.274 e. The molecule has 2 unspecified atom stereocenters. The molecule has 0 bridgehead atoms. The maximum atomic E-state index is 13.8. The van der Waals surface area contributed by atoms with Gasteiger partial charge in [-0.3, -0.25) is 9.59 Å². The van der Waals surface area contributed by atoms with Gasteiger partial charge in [-0.2, -0.15) is 0 Å². The molecule has 2 aromatic heterocycles. The van der Waals surface area contributed by atoms with E-state index in [-0.39, 0.29) is 47.0 Å². The van der Waals surface area contributed by atoms with E-state index in [1.54, 1.807) is 24.3 Å². The van der Waals surface area contributed by atoms with E-state index in [1.165, 1.54) is 12.1 Å². The van der Waals surface area contributed by atoms with Crippen LogP contribution in [0.25, 0.3) is 21.4 Å². The molecule has 0 spiro atoms. The van der Waals surface area contributed by atoms with Crippen LogP contribution in [0.1, 0.15) is 33.8 Å². The van der Waals surface area contributed by atoms with E-state index in [0.717, 1.165) is 24.2 Å². The lowest BCUT2D eigenvalue weighted by atomic mass is 10.1. The quantitative estimate of drug-likeness (QED) is 0.453. The molecule has 4 aromatic rings. The molecule has 6 rings (SSSR count). The van der Waals surface area contributed by atoms with Crippen molar-refractivity contribution >= 4 is 39.3 Å². The number of amides is 2. The zero-order chi connectivity index (χ0) is 23.4. The molecule has 1 aliphatic heterocycles. The number of halogens is 1. The van der Waals surface area contributed by atoms with Crippen LogP contribution < -0.4 is 11.1 Å². The molecule has 3 atom stereocenters. The number of piperidine rings is 1. The second-order valence-electron chi connectivity index (χ2n) is 8.64. The molecular weight excluding hydrogens is 457 g/mol. The van der Waals surface area contributed by atoms with E-state index in [4.69, 9.17) is 10.3 Å². The van der Waals surface area contributed by atoms with Gasteiger partial charge in [0.2, 0.25) is 0 Å².